The number of amides is 1. The van der Waals surface area contributed by atoms with Crippen LogP contribution in [0.4, 0.5) is 0 Å². The maximum atomic E-state index is 12.5. The lowest BCUT2D eigenvalue weighted by molar-refractivity contribution is -0.171. The summed E-state index contributed by atoms with van der Waals surface area (Å²) in [6.07, 6.45) is 0.654. The average Bonchev–Trinajstić information content (AvgIpc) is 2.34. The van der Waals surface area contributed by atoms with Crippen LogP contribution < -0.4 is 11.1 Å². The van der Waals surface area contributed by atoms with Gasteiger partial charge in [-0.15, -0.1) is 24.8 Å². The highest BCUT2D eigenvalue weighted by molar-refractivity contribution is 5.88. The molecule has 0 radical (unpaired) electrons. The fourth-order valence-corrected chi connectivity index (χ4v) is 3.21. The molecule has 0 bridgehead atoms. The fourth-order valence-electron chi connectivity index (χ4n) is 3.21. The van der Waals surface area contributed by atoms with Crippen LogP contribution in [-0.2, 0) is 9.53 Å². The predicted molar refractivity (Wildman–Crippen MR) is 101 cm³/mol. The first-order valence-corrected chi connectivity index (χ1v) is 7.80. The molecule has 2 atom stereocenters. The standard InChI is InChI=1S/C16H33N3O2.2ClH/c1-8-21-12-9-16(17,15(12,4)5)13(20)18-10-14(2,3)11-19(6)7;;/h12H,8-11,17H2,1-7H3,(H,18,20);2*1H. The summed E-state index contributed by atoms with van der Waals surface area (Å²) >= 11 is 0. The average molecular weight is 372 g/mol. The Morgan fingerprint density at radius 2 is 1.87 bits per heavy atom. The van der Waals surface area contributed by atoms with Crippen molar-refractivity contribution in [1.82, 2.24) is 10.2 Å². The molecule has 0 aromatic rings. The van der Waals surface area contributed by atoms with Crippen molar-refractivity contribution in [3.63, 3.8) is 0 Å². The molecule has 0 saturated heterocycles. The lowest BCUT2D eigenvalue weighted by atomic mass is 9.54. The van der Waals surface area contributed by atoms with Crippen molar-refractivity contribution in [3.8, 4) is 0 Å². The van der Waals surface area contributed by atoms with Crippen LogP contribution in [0.2, 0.25) is 0 Å². The lowest BCUT2D eigenvalue weighted by Gasteiger charge is -2.57. The monoisotopic (exact) mass is 371 g/mol. The minimum atomic E-state index is -0.832. The van der Waals surface area contributed by atoms with Crippen LogP contribution in [0.3, 0.4) is 0 Å². The van der Waals surface area contributed by atoms with E-state index in [2.05, 4.69) is 24.1 Å². The van der Waals surface area contributed by atoms with E-state index in [1.807, 2.05) is 34.9 Å². The van der Waals surface area contributed by atoms with Crippen LogP contribution in [0.5, 0.6) is 0 Å². The van der Waals surface area contributed by atoms with Gasteiger partial charge < -0.3 is 20.7 Å². The summed E-state index contributed by atoms with van der Waals surface area (Å²) in [5, 5.41) is 3.04. The van der Waals surface area contributed by atoms with Crippen LogP contribution in [0.15, 0.2) is 0 Å². The molecule has 0 aromatic heterocycles. The summed E-state index contributed by atoms with van der Waals surface area (Å²) in [5.74, 6) is -0.0599. The molecule has 1 rings (SSSR count). The molecule has 140 valence electrons. The van der Waals surface area contributed by atoms with Crippen molar-refractivity contribution >= 4 is 30.7 Å². The Bertz CT molecular complexity index is 390. The number of carbonyl (C=O) groups is 1. The Hall–Kier alpha value is -0.0700. The normalized spacial score (nSPS) is 25.9. The first-order chi connectivity index (χ1) is 9.46. The third kappa shape index (κ3) is 5.46. The number of nitrogens with one attached hydrogen (secondary N) is 1. The van der Waals surface area contributed by atoms with Crippen molar-refractivity contribution < 1.29 is 9.53 Å². The van der Waals surface area contributed by atoms with Crippen molar-refractivity contribution in [1.29, 1.82) is 0 Å². The summed E-state index contributed by atoms with van der Waals surface area (Å²) in [4.78, 5) is 14.7. The molecular formula is C16H35Cl2N3O2. The summed E-state index contributed by atoms with van der Waals surface area (Å²) in [5.41, 5.74) is 5.22. The van der Waals surface area contributed by atoms with Gasteiger partial charge in [-0.3, -0.25) is 4.79 Å². The SMILES string of the molecule is CCOC1CC(N)(C(=O)NCC(C)(C)CN(C)C)C1(C)C.Cl.Cl. The third-order valence-electron chi connectivity index (χ3n) is 4.71. The first-order valence-electron chi connectivity index (χ1n) is 7.80. The molecule has 23 heavy (non-hydrogen) atoms. The van der Waals surface area contributed by atoms with Gasteiger partial charge in [0.1, 0.15) is 5.54 Å². The van der Waals surface area contributed by atoms with Gasteiger partial charge in [0.05, 0.1) is 6.10 Å². The molecule has 0 spiro atoms. The van der Waals surface area contributed by atoms with E-state index in [-0.39, 0.29) is 47.7 Å². The first kappa shape index (κ1) is 25.2. The van der Waals surface area contributed by atoms with Gasteiger partial charge in [0, 0.05) is 31.5 Å². The third-order valence-corrected chi connectivity index (χ3v) is 4.71. The zero-order chi connectivity index (χ0) is 16.5. The Balaban J connectivity index is 0. The number of ether oxygens (including phenoxy) is 1. The molecule has 2 unspecified atom stereocenters. The molecule has 1 amide bonds. The van der Waals surface area contributed by atoms with Crippen molar-refractivity contribution in [2.24, 2.45) is 16.6 Å². The molecule has 0 aliphatic heterocycles. The number of nitrogens with two attached hydrogens (primary N) is 1. The number of hydrogen-bond acceptors (Lipinski definition) is 4. The molecule has 3 N–H and O–H groups in total. The predicted octanol–water partition coefficient (Wildman–Crippen LogP) is 2.07. The van der Waals surface area contributed by atoms with Gasteiger partial charge in [-0.1, -0.05) is 27.7 Å². The maximum absolute atomic E-state index is 12.5. The van der Waals surface area contributed by atoms with Gasteiger partial charge >= 0.3 is 0 Å². The minimum Gasteiger partial charge on any atom is -0.378 e. The molecule has 5 nitrogen and oxygen atoms in total. The quantitative estimate of drug-likeness (QED) is 0.718. The fraction of sp³-hybridized carbons (Fsp3) is 0.938. The largest absolute Gasteiger partial charge is 0.378 e. The number of halogens is 2. The summed E-state index contributed by atoms with van der Waals surface area (Å²) in [6.45, 7) is 12.5. The van der Waals surface area contributed by atoms with Gasteiger partial charge in [0.15, 0.2) is 0 Å². The molecule has 1 aliphatic carbocycles. The Morgan fingerprint density at radius 1 is 1.35 bits per heavy atom. The molecule has 1 saturated carbocycles. The summed E-state index contributed by atoms with van der Waals surface area (Å²) in [7, 11) is 4.07. The van der Waals surface area contributed by atoms with Crippen LogP contribution in [0.25, 0.3) is 0 Å². The van der Waals surface area contributed by atoms with Crippen molar-refractivity contribution in [3.05, 3.63) is 0 Å². The molecular weight excluding hydrogens is 337 g/mol. The van der Waals surface area contributed by atoms with Crippen LogP contribution in [0.1, 0.15) is 41.0 Å². The molecule has 0 aromatic carbocycles. The second-order valence-electron chi connectivity index (χ2n) is 7.93. The Kier molecular flexibility index (Phi) is 9.70. The summed E-state index contributed by atoms with van der Waals surface area (Å²) in [6, 6.07) is 0. The van der Waals surface area contributed by atoms with E-state index in [1.54, 1.807) is 0 Å². The van der Waals surface area contributed by atoms with E-state index in [4.69, 9.17) is 10.5 Å². The number of carbonyl (C=O) groups excluding carboxylic acids is 1. The highest BCUT2D eigenvalue weighted by Gasteiger charge is 2.62. The van der Waals surface area contributed by atoms with E-state index >= 15 is 0 Å². The number of rotatable bonds is 7. The number of nitrogens with zero attached hydrogens (tertiary/aromatic N) is 1. The Morgan fingerprint density at radius 3 is 2.26 bits per heavy atom. The highest BCUT2D eigenvalue weighted by atomic mass is 35.5. The zero-order valence-corrected chi connectivity index (χ0v) is 17.2. The summed E-state index contributed by atoms with van der Waals surface area (Å²) < 4.78 is 5.67. The van der Waals surface area contributed by atoms with Gasteiger partial charge in [0.25, 0.3) is 0 Å². The lowest BCUT2D eigenvalue weighted by Crippen LogP contribution is -2.76. The molecule has 0 heterocycles. The van der Waals surface area contributed by atoms with Gasteiger partial charge in [-0.25, -0.2) is 0 Å². The van der Waals surface area contributed by atoms with Gasteiger partial charge in [0.2, 0.25) is 5.91 Å². The second kappa shape index (κ2) is 8.86. The molecule has 1 aliphatic rings. The van der Waals surface area contributed by atoms with E-state index in [0.717, 1.165) is 6.54 Å². The van der Waals surface area contributed by atoms with Crippen LogP contribution >= 0.6 is 24.8 Å². The van der Waals surface area contributed by atoms with Gasteiger partial charge in [-0.05, 0) is 26.4 Å². The molecule has 7 heteroatoms. The maximum Gasteiger partial charge on any atom is 0.240 e. The van der Waals surface area contributed by atoms with E-state index in [1.165, 1.54) is 0 Å². The van der Waals surface area contributed by atoms with Gasteiger partial charge in [-0.2, -0.15) is 0 Å². The topological polar surface area (TPSA) is 67.6 Å². The molecule has 1 fully saturated rings. The minimum absolute atomic E-state index is 0. The van der Waals surface area contributed by atoms with E-state index in [0.29, 0.717) is 19.6 Å². The number of hydrogen-bond donors (Lipinski definition) is 2. The zero-order valence-electron chi connectivity index (χ0n) is 15.6. The van der Waals surface area contributed by atoms with Crippen LogP contribution in [-0.4, -0.2) is 56.2 Å². The van der Waals surface area contributed by atoms with Crippen molar-refractivity contribution in [2.45, 2.75) is 52.7 Å². The highest BCUT2D eigenvalue weighted by Crippen LogP contribution is 2.49. The van der Waals surface area contributed by atoms with E-state index in [9.17, 15) is 4.79 Å². The Labute approximate surface area is 153 Å². The second-order valence-corrected chi connectivity index (χ2v) is 7.93. The van der Waals surface area contributed by atoms with E-state index < -0.39 is 5.54 Å². The smallest absolute Gasteiger partial charge is 0.240 e. The van der Waals surface area contributed by atoms with Crippen molar-refractivity contribution in [2.75, 3.05) is 33.8 Å². The van der Waals surface area contributed by atoms with Crippen LogP contribution in [0, 0.1) is 10.8 Å².